The van der Waals surface area contributed by atoms with E-state index in [9.17, 15) is 4.79 Å². The zero-order valence-corrected chi connectivity index (χ0v) is 11.2. The van der Waals surface area contributed by atoms with Gasteiger partial charge in [-0.3, -0.25) is 4.79 Å². The number of carbonyl (C=O) groups is 1. The van der Waals surface area contributed by atoms with Crippen LogP contribution in [0, 0.1) is 0 Å². The van der Waals surface area contributed by atoms with Gasteiger partial charge in [0.15, 0.2) is 0 Å². The lowest BCUT2D eigenvalue weighted by atomic mass is 10.3. The van der Waals surface area contributed by atoms with Gasteiger partial charge in [-0.05, 0) is 17.9 Å². The minimum atomic E-state index is -0.259. The van der Waals surface area contributed by atoms with Crippen LogP contribution in [0.4, 0.5) is 5.82 Å². The Labute approximate surface area is 109 Å². The Morgan fingerprint density at radius 3 is 3.06 bits per heavy atom. The average molecular weight is 265 g/mol. The predicted octanol–water partition coefficient (Wildman–Crippen LogP) is 2.08. The van der Waals surface area contributed by atoms with Gasteiger partial charge in [0, 0.05) is 6.54 Å². The second-order valence-corrected chi connectivity index (χ2v) is 4.73. The normalized spacial score (nSPS) is 10.6. The number of ether oxygens (including phenoxy) is 1. The number of esters is 1. The highest BCUT2D eigenvalue weighted by molar-refractivity contribution is 7.16. The molecule has 0 amide bonds. The van der Waals surface area contributed by atoms with E-state index in [2.05, 4.69) is 16.9 Å². The first-order chi connectivity index (χ1) is 8.76. The van der Waals surface area contributed by atoms with Crippen LogP contribution in [0.3, 0.4) is 0 Å². The minimum absolute atomic E-state index is 0.215. The van der Waals surface area contributed by atoms with Gasteiger partial charge in [0.25, 0.3) is 0 Å². The molecule has 18 heavy (non-hydrogen) atoms. The van der Waals surface area contributed by atoms with Gasteiger partial charge in [-0.2, -0.15) is 0 Å². The summed E-state index contributed by atoms with van der Waals surface area (Å²) in [5.41, 5.74) is 0. The molecule has 0 N–H and O–H groups in total. The van der Waals surface area contributed by atoms with Crippen LogP contribution in [-0.4, -0.2) is 36.1 Å². The molecule has 0 saturated carbocycles. The van der Waals surface area contributed by atoms with Gasteiger partial charge >= 0.3 is 5.97 Å². The molecule has 2 heterocycles. The molecule has 0 aliphatic rings. The van der Waals surface area contributed by atoms with Crippen molar-refractivity contribution in [2.24, 2.45) is 0 Å². The Kier molecular flexibility index (Phi) is 4.09. The van der Waals surface area contributed by atoms with Crippen LogP contribution in [0.5, 0.6) is 0 Å². The smallest absolute Gasteiger partial charge is 0.325 e. The van der Waals surface area contributed by atoms with E-state index >= 15 is 0 Å². The molecule has 0 unspecified atom stereocenters. The Balaban J connectivity index is 2.34. The molecular formula is C12H15N3O2S. The summed E-state index contributed by atoms with van der Waals surface area (Å²) in [7, 11) is 1.40. The Hall–Kier alpha value is -1.69. The molecule has 0 aromatic carbocycles. The molecule has 0 spiro atoms. The first-order valence-corrected chi connectivity index (χ1v) is 6.64. The molecule has 0 radical (unpaired) electrons. The summed E-state index contributed by atoms with van der Waals surface area (Å²) >= 11 is 1.57. The van der Waals surface area contributed by atoms with Crippen molar-refractivity contribution in [3.8, 4) is 0 Å². The van der Waals surface area contributed by atoms with Gasteiger partial charge in [-0.15, -0.1) is 11.3 Å². The number of methoxy groups -OCH3 is 1. The highest BCUT2D eigenvalue weighted by Gasteiger charge is 2.15. The van der Waals surface area contributed by atoms with Crippen molar-refractivity contribution in [1.82, 2.24) is 9.97 Å². The standard InChI is InChI=1S/C12H15N3O2S/c1-3-5-15(7-10(16)17-2)11-9-4-6-18-12(9)14-8-13-11/h4,6,8H,3,5,7H2,1-2H3. The van der Waals surface area contributed by atoms with Crippen LogP contribution < -0.4 is 4.90 Å². The third-order valence-electron chi connectivity index (χ3n) is 2.58. The fourth-order valence-corrected chi connectivity index (χ4v) is 2.51. The first-order valence-electron chi connectivity index (χ1n) is 5.76. The molecule has 96 valence electrons. The van der Waals surface area contributed by atoms with E-state index in [1.54, 1.807) is 11.3 Å². The summed E-state index contributed by atoms with van der Waals surface area (Å²) in [4.78, 5) is 22.8. The summed E-state index contributed by atoms with van der Waals surface area (Å²) in [5.74, 6) is 0.541. The van der Waals surface area contributed by atoms with Crippen molar-refractivity contribution in [3.63, 3.8) is 0 Å². The van der Waals surface area contributed by atoms with Crippen LogP contribution >= 0.6 is 11.3 Å². The van der Waals surface area contributed by atoms with Crippen LogP contribution in [0.25, 0.3) is 10.2 Å². The lowest BCUT2D eigenvalue weighted by Crippen LogP contribution is -2.32. The molecule has 0 atom stereocenters. The summed E-state index contributed by atoms with van der Waals surface area (Å²) in [6, 6.07) is 1.98. The summed E-state index contributed by atoms with van der Waals surface area (Å²) in [6.45, 7) is 3.04. The van der Waals surface area contributed by atoms with Gasteiger partial charge in [-0.1, -0.05) is 6.92 Å². The fourth-order valence-electron chi connectivity index (χ4n) is 1.78. The SMILES string of the molecule is CCCN(CC(=O)OC)c1ncnc2sccc12. The van der Waals surface area contributed by atoms with Crippen molar-refractivity contribution >= 4 is 33.3 Å². The number of hydrogen-bond acceptors (Lipinski definition) is 6. The van der Waals surface area contributed by atoms with E-state index in [1.807, 2.05) is 16.3 Å². The number of rotatable bonds is 5. The maximum absolute atomic E-state index is 11.4. The quantitative estimate of drug-likeness (QED) is 0.775. The van der Waals surface area contributed by atoms with E-state index in [0.717, 1.165) is 29.0 Å². The third kappa shape index (κ3) is 2.59. The largest absolute Gasteiger partial charge is 0.468 e. The zero-order valence-electron chi connectivity index (χ0n) is 10.4. The number of anilines is 1. The van der Waals surface area contributed by atoms with E-state index in [0.29, 0.717) is 0 Å². The van der Waals surface area contributed by atoms with Crippen LogP contribution in [0.15, 0.2) is 17.8 Å². The second-order valence-electron chi connectivity index (χ2n) is 3.83. The van der Waals surface area contributed by atoms with E-state index in [1.165, 1.54) is 13.4 Å². The maximum Gasteiger partial charge on any atom is 0.325 e. The number of nitrogens with zero attached hydrogens (tertiary/aromatic N) is 3. The van der Waals surface area contributed by atoms with Crippen LogP contribution in [0.1, 0.15) is 13.3 Å². The monoisotopic (exact) mass is 265 g/mol. The molecule has 6 heteroatoms. The van der Waals surface area contributed by atoms with Gasteiger partial charge in [0.2, 0.25) is 0 Å². The minimum Gasteiger partial charge on any atom is -0.468 e. The summed E-state index contributed by atoms with van der Waals surface area (Å²) in [5, 5.41) is 2.96. The molecule has 0 aliphatic carbocycles. The summed E-state index contributed by atoms with van der Waals surface area (Å²) in [6.07, 6.45) is 2.47. The molecule has 2 aromatic heterocycles. The molecule has 0 saturated heterocycles. The predicted molar refractivity (Wildman–Crippen MR) is 71.9 cm³/mol. The van der Waals surface area contributed by atoms with Gasteiger partial charge in [0.05, 0.1) is 12.5 Å². The molecule has 5 nitrogen and oxygen atoms in total. The van der Waals surface area contributed by atoms with Crippen molar-refractivity contribution in [3.05, 3.63) is 17.8 Å². The van der Waals surface area contributed by atoms with Crippen molar-refractivity contribution in [2.45, 2.75) is 13.3 Å². The number of aromatic nitrogens is 2. The van der Waals surface area contributed by atoms with Crippen molar-refractivity contribution in [2.75, 3.05) is 25.1 Å². The lowest BCUT2D eigenvalue weighted by Gasteiger charge is -2.22. The Bertz CT molecular complexity index is 541. The van der Waals surface area contributed by atoms with Gasteiger partial charge in [-0.25, -0.2) is 9.97 Å². The fraction of sp³-hybridized carbons (Fsp3) is 0.417. The Morgan fingerprint density at radius 2 is 2.33 bits per heavy atom. The van der Waals surface area contributed by atoms with E-state index in [-0.39, 0.29) is 12.5 Å². The molecule has 0 fully saturated rings. The van der Waals surface area contributed by atoms with E-state index in [4.69, 9.17) is 4.74 Å². The molecule has 0 aliphatic heterocycles. The Morgan fingerprint density at radius 1 is 1.50 bits per heavy atom. The number of fused-ring (bicyclic) bond motifs is 1. The molecule has 2 aromatic rings. The highest BCUT2D eigenvalue weighted by atomic mass is 32.1. The first kappa shape index (κ1) is 12.8. The lowest BCUT2D eigenvalue weighted by molar-refractivity contribution is -0.138. The number of carbonyl (C=O) groups excluding carboxylic acids is 1. The van der Waals surface area contributed by atoms with Gasteiger partial charge < -0.3 is 9.64 Å². The van der Waals surface area contributed by atoms with Crippen molar-refractivity contribution < 1.29 is 9.53 Å². The van der Waals surface area contributed by atoms with Crippen LogP contribution in [-0.2, 0) is 9.53 Å². The topological polar surface area (TPSA) is 55.3 Å². The summed E-state index contributed by atoms with van der Waals surface area (Å²) < 4.78 is 4.72. The third-order valence-corrected chi connectivity index (χ3v) is 3.40. The number of hydrogen-bond donors (Lipinski definition) is 0. The molecule has 2 rings (SSSR count). The zero-order chi connectivity index (χ0) is 13.0. The molecular weight excluding hydrogens is 250 g/mol. The average Bonchev–Trinajstić information content (AvgIpc) is 2.86. The maximum atomic E-state index is 11.4. The van der Waals surface area contributed by atoms with Gasteiger partial charge in [0.1, 0.15) is 23.5 Å². The van der Waals surface area contributed by atoms with Crippen LogP contribution in [0.2, 0.25) is 0 Å². The molecule has 0 bridgehead atoms. The van der Waals surface area contributed by atoms with Crippen molar-refractivity contribution in [1.29, 1.82) is 0 Å². The van der Waals surface area contributed by atoms with E-state index < -0.39 is 0 Å². The number of thiophene rings is 1. The highest BCUT2D eigenvalue weighted by Crippen LogP contribution is 2.26. The second kappa shape index (κ2) is 5.77.